The summed E-state index contributed by atoms with van der Waals surface area (Å²) in [5.74, 6) is -0.674. The molecule has 3 aromatic carbocycles. The van der Waals surface area contributed by atoms with Gasteiger partial charge in [0.05, 0.1) is 23.8 Å². The molecule has 0 unspecified atom stereocenters. The Balaban J connectivity index is 1.49. The summed E-state index contributed by atoms with van der Waals surface area (Å²) in [5.41, 5.74) is 4.09. The second-order valence-corrected chi connectivity index (χ2v) is 10.2. The standard InChI is InChI=1S/C26H25N3O4S/c1-18-6-8-20(9-7-18)28-26(30)25-24(22-4-2-3-5-23(22)34(25,31)32)27-19-10-12-21(13-11-19)29-14-16-33-17-15-29/h2-13,27H,14-17H2,1H3,(H,28,30). The van der Waals surface area contributed by atoms with E-state index in [9.17, 15) is 13.2 Å². The Kier molecular flexibility index (Phi) is 5.85. The first-order chi connectivity index (χ1) is 16.4. The summed E-state index contributed by atoms with van der Waals surface area (Å²) in [4.78, 5) is 15.3. The van der Waals surface area contributed by atoms with E-state index in [-0.39, 0.29) is 15.5 Å². The lowest BCUT2D eigenvalue weighted by atomic mass is 10.1. The van der Waals surface area contributed by atoms with Crippen LogP contribution in [0, 0.1) is 6.92 Å². The lowest BCUT2D eigenvalue weighted by Gasteiger charge is -2.29. The minimum absolute atomic E-state index is 0.122. The van der Waals surface area contributed by atoms with Gasteiger partial charge in [0, 0.05) is 35.7 Å². The topological polar surface area (TPSA) is 87.7 Å². The molecule has 2 aliphatic rings. The summed E-state index contributed by atoms with van der Waals surface area (Å²) in [6, 6.07) is 21.6. The number of hydrogen-bond acceptors (Lipinski definition) is 6. The molecule has 0 atom stereocenters. The number of carbonyl (C=O) groups excluding carboxylic acids is 1. The van der Waals surface area contributed by atoms with Crippen LogP contribution in [0.15, 0.2) is 82.6 Å². The lowest BCUT2D eigenvalue weighted by Crippen LogP contribution is -2.36. The Morgan fingerprint density at radius 2 is 1.53 bits per heavy atom. The van der Waals surface area contributed by atoms with Crippen LogP contribution >= 0.6 is 0 Å². The van der Waals surface area contributed by atoms with Gasteiger partial charge in [-0.15, -0.1) is 0 Å². The number of anilines is 3. The zero-order chi connectivity index (χ0) is 23.7. The molecular formula is C26H25N3O4S. The molecular weight excluding hydrogens is 450 g/mol. The van der Waals surface area contributed by atoms with Crippen molar-refractivity contribution in [2.75, 3.05) is 41.8 Å². The molecule has 5 rings (SSSR count). The Bertz CT molecular complexity index is 1360. The van der Waals surface area contributed by atoms with E-state index in [1.54, 1.807) is 30.3 Å². The van der Waals surface area contributed by atoms with Gasteiger partial charge < -0.3 is 20.3 Å². The van der Waals surface area contributed by atoms with Gasteiger partial charge in [0.1, 0.15) is 0 Å². The van der Waals surface area contributed by atoms with Crippen LogP contribution in [0.3, 0.4) is 0 Å². The first-order valence-corrected chi connectivity index (χ1v) is 12.6. The average molecular weight is 476 g/mol. The number of sulfone groups is 1. The van der Waals surface area contributed by atoms with Crippen molar-refractivity contribution in [3.05, 3.63) is 88.8 Å². The van der Waals surface area contributed by atoms with Crippen LogP contribution in [0.2, 0.25) is 0 Å². The molecule has 0 bridgehead atoms. The van der Waals surface area contributed by atoms with Crippen LogP contribution in [-0.4, -0.2) is 40.6 Å². The highest BCUT2D eigenvalue weighted by Gasteiger charge is 2.40. The fourth-order valence-electron chi connectivity index (χ4n) is 4.18. The third-order valence-corrected chi connectivity index (χ3v) is 7.83. The number of carbonyl (C=O) groups is 1. The number of hydrogen-bond donors (Lipinski definition) is 2. The maximum Gasteiger partial charge on any atom is 0.269 e. The summed E-state index contributed by atoms with van der Waals surface area (Å²) in [6.07, 6.45) is 0. The van der Waals surface area contributed by atoms with Crippen molar-refractivity contribution in [2.45, 2.75) is 11.8 Å². The average Bonchev–Trinajstić information content (AvgIpc) is 3.08. The molecule has 174 valence electrons. The summed E-state index contributed by atoms with van der Waals surface area (Å²) in [7, 11) is -3.99. The van der Waals surface area contributed by atoms with Gasteiger partial charge in [-0.3, -0.25) is 4.79 Å². The maximum atomic E-state index is 13.4. The van der Waals surface area contributed by atoms with E-state index in [1.807, 2.05) is 43.3 Å². The van der Waals surface area contributed by atoms with Crippen molar-refractivity contribution in [1.82, 2.24) is 0 Å². The van der Waals surface area contributed by atoms with Gasteiger partial charge in [-0.2, -0.15) is 0 Å². The monoisotopic (exact) mass is 475 g/mol. The van der Waals surface area contributed by atoms with Crippen LogP contribution in [0.4, 0.5) is 17.1 Å². The number of benzene rings is 3. The molecule has 34 heavy (non-hydrogen) atoms. The Morgan fingerprint density at radius 3 is 2.24 bits per heavy atom. The van der Waals surface area contributed by atoms with E-state index >= 15 is 0 Å². The van der Waals surface area contributed by atoms with E-state index in [2.05, 4.69) is 15.5 Å². The molecule has 2 N–H and O–H groups in total. The molecule has 1 amide bonds. The van der Waals surface area contributed by atoms with Crippen LogP contribution in [-0.2, 0) is 19.4 Å². The summed E-state index contributed by atoms with van der Waals surface area (Å²) in [6.45, 7) is 4.99. The molecule has 2 aliphatic heterocycles. The highest BCUT2D eigenvalue weighted by molar-refractivity contribution is 7.97. The van der Waals surface area contributed by atoms with Gasteiger partial charge in [0.2, 0.25) is 9.84 Å². The van der Waals surface area contributed by atoms with Crippen LogP contribution in [0.5, 0.6) is 0 Å². The predicted molar refractivity (Wildman–Crippen MR) is 133 cm³/mol. The predicted octanol–water partition coefficient (Wildman–Crippen LogP) is 4.04. The third kappa shape index (κ3) is 4.18. The van der Waals surface area contributed by atoms with Crippen molar-refractivity contribution >= 4 is 38.5 Å². The number of amides is 1. The van der Waals surface area contributed by atoms with E-state index in [0.717, 1.165) is 24.3 Å². The minimum atomic E-state index is -3.99. The largest absolute Gasteiger partial charge is 0.378 e. The third-order valence-electron chi connectivity index (χ3n) is 5.97. The lowest BCUT2D eigenvalue weighted by molar-refractivity contribution is -0.112. The van der Waals surface area contributed by atoms with Gasteiger partial charge in [0.25, 0.3) is 5.91 Å². The molecule has 3 aromatic rings. The second-order valence-electron chi connectivity index (χ2n) is 8.30. The first kappa shape index (κ1) is 22.2. The van der Waals surface area contributed by atoms with E-state index < -0.39 is 15.7 Å². The molecule has 8 heteroatoms. The number of aryl methyl sites for hydroxylation is 1. The second kappa shape index (κ2) is 8.96. The maximum absolute atomic E-state index is 13.4. The van der Waals surface area contributed by atoms with E-state index in [1.165, 1.54) is 6.07 Å². The quantitative estimate of drug-likeness (QED) is 0.579. The zero-order valence-corrected chi connectivity index (χ0v) is 19.6. The molecule has 0 spiro atoms. The number of nitrogens with one attached hydrogen (secondary N) is 2. The van der Waals surface area contributed by atoms with Crippen molar-refractivity contribution < 1.29 is 17.9 Å². The number of nitrogens with zero attached hydrogens (tertiary/aromatic N) is 1. The Hall–Kier alpha value is -3.62. The molecule has 1 fully saturated rings. The molecule has 1 saturated heterocycles. The summed E-state index contributed by atoms with van der Waals surface area (Å²) >= 11 is 0. The molecule has 0 aromatic heterocycles. The molecule has 0 aliphatic carbocycles. The minimum Gasteiger partial charge on any atom is -0.378 e. The van der Waals surface area contributed by atoms with E-state index in [4.69, 9.17) is 4.74 Å². The van der Waals surface area contributed by atoms with Crippen molar-refractivity contribution in [3.8, 4) is 0 Å². The van der Waals surface area contributed by atoms with Gasteiger partial charge in [0.15, 0.2) is 4.91 Å². The Morgan fingerprint density at radius 1 is 0.882 bits per heavy atom. The van der Waals surface area contributed by atoms with Crippen LogP contribution in [0.25, 0.3) is 5.70 Å². The van der Waals surface area contributed by atoms with Gasteiger partial charge in [-0.25, -0.2) is 8.42 Å². The van der Waals surface area contributed by atoms with Crippen LogP contribution < -0.4 is 15.5 Å². The summed E-state index contributed by atoms with van der Waals surface area (Å²) < 4.78 is 32.1. The Labute approximate surface area is 199 Å². The smallest absolute Gasteiger partial charge is 0.269 e. The highest BCUT2D eigenvalue weighted by atomic mass is 32.2. The number of morpholine rings is 1. The van der Waals surface area contributed by atoms with Gasteiger partial charge in [-0.05, 0) is 49.4 Å². The zero-order valence-electron chi connectivity index (χ0n) is 18.7. The summed E-state index contributed by atoms with van der Waals surface area (Å²) in [5, 5.41) is 5.94. The highest BCUT2D eigenvalue weighted by Crippen LogP contribution is 2.40. The fraction of sp³-hybridized carbons (Fsp3) is 0.192. The molecule has 0 radical (unpaired) electrons. The molecule has 2 heterocycles. The normalized spacial score (nSPS) is 16.8. The van der Waals surface area contributed by atoms with Gasteiger partial charge in [-0.1, -0.05) is 35.9 Å². The first-order valence-electron chi connectivity index (χ1n) is 11.1. The molecule has 0 saturated carbocycles. The van der Waals surface area contributed by atoms with Crippen molar-refractivity contribution in [1.29, 1.82) is 0 Å². The van der Waals surface area contributed by atoms with Crippen molar-refractivity contribution in [2.24, 2.45) is 0 Å². The number of rotatable bonds is 5. The SMILES string of the molecule is Cc1ccc(NC(=O)C2=C(Nc3ccc(N4CCOCC4)cc3)c3ccccc3S2(=O)=O)cc1. The van der Waals surface area contributed by atoms with Crippen molar-refractivity contribution in [3.63, 3.8) is 0 Å². The molecule has 7 nitrogen and oxygen atoms in total. The fourth-order valence-corrected chi connectivity index (χ4v) is 5.84. The number of ether oxygens (including phenoxy) is 1. The van der Waals surface area contributed by atoms with Crippen LogP contribution in [0.1, 0.15) is 11.1 Å². The van der Waals surface area contributed by atoms with E-state index in [0.29, 0.717) is 30.2 Å². The van der Waals surface area contributed by atoms with Gasteiger partial charge >= 0.3 is 0 Å². The number of fused-ring (bicyclic) bond motifs is 1.